The maximum Gasteiger partial charge on any atom is 0.219 e. The highest BCUT2D eigenvalue weighted by Gasteiger charge is 2.55. The van der Waals surface area contributed by atoms with E-state index in [2.05, 4.69) is 18.2 Å². The lowest BCUT2D eigenvalue weighted by molar-refractivity contribution is -0.129. The van der Waals surface area contributed by atoms with Crippen LogP contribution in [0.3, 0.4) is 0 Å². The van der Waals surface area contributed by atoms with Crippen molar-refractivity contribution in [1.29, 1.82) is 15.8 Å². The zero-order valence-corrected chi connectivity index (χ0v) is 17.8. The molecule has 4 rings (SSSR count). The molecular formula is C25H21N5O2. The number of hydrogen-bond donors (Lipinski definition) is 1. The molecule has 0 saturated carbocycles. The summed E-state index contributed by atoms with van der Waals surface area (Å²) in [5, 5.41) is 32.1. The number of allylic oxidation sites excluding steroid dienone is 2. The topological polar surface area (TPSA) is 127 Å². The highest BCUT2D eigenvalue weighted by molar-refractivity contribution is 5.92. The van der Waals surface area contributed by atoms with Crippen molar-refractivity contribution in [3.8, 4) is 24.0 Å². The van der Waals surface area contributed by atoms with Crippen LogP contribution in [0.5, 0.6) is 5.75 Å². The Morgan fingerprint density at radius 3 is 2.44 bits per heavy atom. The zero-order valence-electron chi connectivity index (χ0n) is 17.8. The predicted molar refractivity (Wildman–Crippen MR) is 118 cm³/mol. The number of nitriles is 3. The van der Waals surface area contributed by atoms with Crippen LogP contribution in [0.25, 0.3) is 10.8 Å². The van der Waals surface area contributed by atoms with E-state index in [1.54, 1.807) is 12.0 Å². The van der Waals surface area contributed by atoms with Crippen LogP contribution in [-0.2, 0) is 4.79 Å². The average Bonchev–Trinajstić information content (AvgIpc) is 2.82. The number of benzene rings is 2. The minimum atomic E-state index is -1.76. The van der Waals surface area contributed by atoms with Gasteiger partial charge in [-0.1, -0.05) is 36.4 Å². The number of fused-ring (bicyclic) bond motifs is 2. The average molecular weight is 423 g/mol. The molecule has 0 aromatic heterocycles. The molecule has 1 aliphatic heterocycles. The summed E-state index contributed by atoms with van der Waals surface area (Å²) < 4.78 is 5.51. The van der Waals surface area contributed by atoms with Crippen LogP contribution in [0.2, 0.25) is 0 Å². The fourth-order valence-electron chi connectivity index (χ4n) is 5.02. The van der Waals surface area contributed by atoms with Crippen LogP contribution < -0.4 is 10.5 Å². The standard InChI is InChI=1S/C25H21N5O2/c1-15(31)30-10-9-17-20(11-26)24(29)25(13-27,14-28)23(21(17)12-30)19-7-8-22(32-2)18-6-4-3-5-16(18)19/h3-9,21,23H,10,12,29H2,1-2H3/t21-,23-/m1/s1. The third-order valence-electron chi connectivity index (χ3n) is 6.58. The predicted octanol–water partition coefficient (Wildman–Crippen LogP) is 3.12. The van der Waals surface area contributed by atoms with Crippen LogP contribution in [-0.4, -0.2) is 31.0 Å². The number of ether oxygens (including phenoxy) is 1. The smallest absolute Gasteiger partial charge is 0.219 e. The van der Waals surface area contributed by atoms with Crippen LogP contribution in [0.1, 0.15) is 18.4 Å². The minimum Gasteiger partial charge on any atom is -0.496 e. The van der Waals surface area contributed by atoms with Crippen molar-refractivity contribution < 1.29 is 9.53 Å². The van der Waals surface area contributed by atoms with Gasteiger partial charge in [0.2, 0.25) is 5.91 Å². The number of nitrogens with two attached hydrogens (primary N) is 1. The van der Waals surface area contributed by atoms with Gasteiger partial charge in [-0.2, -0.15) is 15.8 Å². The van der Waals surface area contributed by atoms with Gasteiger partial charge < -0.3 is 15.4 Å². The second-order valence-corrected chi connectivity index (χ2v) is 8.00. The first-order chi connectivity index (χ1) is 15.4. The van der Waals surface area contributed by atoms with E-state index in [-0.39, 0.29) is 23.7 Å². The lowest BCUT2D eigenvalue weighted by Crippen LogP contribution is -2.49. The van der Waals surface area contributed by atoms with Crippen molar-refractivity contribution in [3.05, 3.63) is 64.9 Å². The zero-order chi connectivity index (χ0) is 23.0. The van der Waals surface area contributed by atoms with Gasteiger partial charge in [0.1, 0.15) is 11.8 Å². The van der Waals surface area contributed by atoms with Gasteiger partial charge in [-0.15, -0.1) is 0 Å². The quantitative estimate of drug-likeness (QED) is 0.791. The molecule has 0 saturated heterocycles. The highest BCUT2D eigenvalue weighted by atomic mass is 16.5. The summed E-state index contributed by atoms with van der Waals surface area (Å²) in [5.74, 6) is -0.561. The molecule has 0 bridgehead atoms. The summed E-state index contributed by atoms with van der Waals surface area (Å²) in [6.45, 7) is 2.12. The van der Waals surface area contributed by atoms with E-state index in [9.17, 15) is 20.6 Å². The number of carbonyl (C=O) groups is 1. The van der Waals surface area contributed by atoms with E-state index >= 15 is 0 Å². The Bertz CT molecular complexity index is 1300. The Morgan fingerprint density at radius 1 is 1.16 bits per heavy atom. The highest BCUT2D eigenvalue weighted by Crippen LogP contribution is 2.55. The third-order valence-corrected chi connectivity index (χ3v) is 6.58. The van der Waals surface area contributed by atoms with Gasteiger partial charge in [0.05, 0.1) is 30.5 Å². The largest absolute Gasteiger partial charge is 0.496 e. The molecule has 2 N–H and O–H groups in total. The summed E-state index contributed by atoms with van der Waals surface area (Å²) in [7, 11) is 1.59. The molecule has 0 fully saturated rings. The SMILES string of the molecule is COc1ccc([C@@H]2[C@@H]3CN(C(C)=O)CC=C3C(C#N)=C(N)C2(C#N)C#N)c2ccccc12. The molecule has 1 aliphatic carbocycles. The molecule has 2 aromatic rings. The van der Waals surface area contributed by atoms with E-state index in [0.717, 1.165) is 16.3 Å². The Kier molecular flexibility index (Phi) is 5.09. The third kappa shape index (κ3) is 2.82. The first kappa shape index (κ1) is 21.0. The molecule has 0 radical (unpaired) electrons. The van der Waals surface area contributed by atoms with E-state index in [0.29, 0.717) is 17.9 Å². The molecule has 0 unspecified atom stereocenters. The molecule has 1 amide bonds. The Morgan fingerprint density at radius 2 is 1.84 bits per heavy atom. The van der Waals surface area contributed by atoms with Crippen molar-refractivity contribution in [1.82, 2.24) is 4.90 Å². The second kappa shape index (κ2) is 7.76. The lowest BCUT2D eigenvalue weighted by Gasteiger charge is -2.45. The molecule has 2 aromatic carbocycles. The molecule has 7 heteroatoms. The summed E-state index contributed by atoms with van der Waals surface area (Å²) in [5.41, 5.74) is 6.20. The maximum atomic E-state index is 12.2. The molecule has 158 valence electrons. The van der Waals surface area contributed by atoms with Gasteiger partial charge >= 0.3 is 0 Å². The van der Waals surface area contributed by atoms with Gasteiger partial charge in [0.25, 0.3) is 0 Å². The second-order valence-electron chi connectivity index (χ2n) is 8.00. The van der Waals surface area contributed by atoms with E-state index < -0.39 is 17.3 Å². The van der Waals surface area contributed by atoms with Crippen LogP contribution in [0.4, 0.5) is 0 Å². The fourth-order valence-corrected chi connectivity index (χ4v) is 5.02. The number of methoxy groups -OCH3 is 1. The van der Waals surface area contributed by atoms with E-state index in [1.165, 1.54) is 6.92 Å². The number of hydrogen-bond acceptors (Lipinski definition) is 6. The van der Waals surface area contributed by atoms with Gasteiger partial charge in [0, 0.05) is 37.2 Å². The normalized spacial score (nSPS) is 21.6. The van der Waals surface area contributed by atoms with Crippen LogP contribution in [0, 0.1) is 45.3 Å². The summed E-state index contributed by atoms with van der Waals surface area (Å²) in [4.78, 5) is 13.8. The van der Waals surface area contributed by atoms with Crippen molar-refractivity contribution in [2.24, 2.45) is 17.1 Å². The van der Waals surface area contributed by atoms with Crippen molar-refractivity contribution in [2.45, 2.75) is 12.8 Å². The fraction of sp³-hybridized carbons (Fsp3) is 0.280. The number of nitrogens with zero attached hydrogens (tertiary/aromatic N) is 4. The van der Waals surface area contributed by atoms with Crippen molar-refractivity contribution in [2.75, 3.05) is 20.2 Å². The van der Waals surface area contributed by atoms with Gasteiger partial charge in [-0.25, -0.2) is 0 Å². The molecular weight excluding hydrogens is 402 g/mol. The number of rotatable bonds is 2. The monoisotopic (exact) mass is 423 g/mol. The Labute approximate surface area is 186 Å². The Hall–Kier alpha value is -4.28. The van der Waals surface area contributed by atoms with Crippen LogP contribution >= 0.6 is 0 Å². The van der Waals surface area contributed by atoms with Gasteiger partial charge in [-0.3, -0.25) is 4.79 Å². The summed E-state index contributed by atoms with van der Waals surface area (Å²) >= 11 is 0. The molecule has 2 atom stereocenters. The van der Waals surface area contributed by atoms with E-state index in [4.69, 9.17) is 10.5 Å². The van der Waals surface area contributed by atoms with Gasteiger partial charge in [0.15, 0.2) is 5.41 Å². The van der Waals surface area contributed by atoms with Crippen molar-refractivity contribution >= 4 is 16.7 Å². The molecule has 1 heterocycles. The Balaban J connectivity index is 2.08. The molecule has 32 heavy (non-hydrogen) atoms. The van der Waals surface area contributed by atoms with Crippen molar-refractivity contribution in [3.63, 3.8) is 0 Å². The van der Waals surface area contributed by atoms with Crippen LogP contribution in [0.15, 0.2) is 59.3 Å². The summed E-state index contributed by atoms with van der Waals surface area (Å²) in [6.07, 6.45) is 1.82. The molecule has 7 nitrogen and oxygen atoms in total. The summed E-state index contributed by atoms with van der Waals surface area (Å²) in [6, 6.07) is 17.7. The minimum absolute atomic E-state index is 0.0336. The number of carbonyl (C=O) groups excluding carboxylic acids is 1. The van der Waals surface area contributed by atoms with E-state index in [1.807, 2.05) is 42.5 Å². The first-order valence-electron chi connectivity index (χ1n) is 10.2. The first-order valence-corrected chi connectivity index (χ1v) is 10.2. The maximum absolute atomic E-state index is 12.2. The molecule has 0 spiro atoms. The molecule has 2 aliphatic rings. The van der Waals surface area contributed by atoms with Gasteiger partial charge in [-0.05, 0) is 22.6 Å². The number of amides is 1. The lowest BCUT2D eigenvalue weighted by atomic mass is 9.57.